The third kappa shape index (κ3) is 6.93. The summed E-state index contributed by atoms with van der Waals surface area (Å²) in [4.78, 5) is 0. The molecule has 1 atom stereocenters. The second-order valence-electron chi connectivity index (χ2n) is 5.91. The lowest BCUT2D eigenvalue weighted by atomic mass is 9.82. The van der Waals surface area contributed by atoms with E-state index in [0.29, 0.717) is 18.2 Å². The Bertz CT molecular complexity index is 518. The molecule has 0 fully saturated rings. The molecule has 0 spiro atoms. The van der Waals surface area contributed by atoms with Crippen molar-refractivity contribution in [3.05, 3.63) is 34.9 Å². The molecule has 6 heteroatoms. The van der Waals surface area contributed by atoms with Gasteiger partial charge in [0.05, 0.1) is 19.0 Å². The molecule has 0 aliphatic rings. The van der Waals surface area contributed by atoms with Crippen LogP contribution in [0, 0.1) is 11.3 Å². The van der Waals surface area contributed by atoms with Crippen molar-refractivity contribution in [1.82, 2.24) is 0 Å². The number of halogens is 2. The van der Waals surface area contributed by atoms with Gasteiger partial charge in [0.2, 0.25) is 9.05 Å². The van der Waals surface area contributed by atoms with Gasteiger partial charge in [0.15, 0.2) is 0 Å². The monoisotopic (exact) mass is 338 g/mol. The van der Waals surface area contributed by atoms with Crippen LogP contribution in [0.4, 0.5) is 0 Å². The van der Waals surface area contributed by atoms with Crippen LogP contribution in [0.5, 0.6) is 0 Å². The zero-order valence-electron chi connectivity index (χ0n) is 11.9. The molecule has 0 radical (unpaired) electrons. The third-order valence-corrected chi connectivity index (χ3v) is 4.56. The van der Waals surface area contributed by atoms with E-state index in [1.807, 2.05) is 32.9 Å². The summed E-state index contributed by atoms with van der Waals surface area (Å²) in [7, 11) is 1.82. The molecular formula is C14H20Cl2O3S. The molecule has 0 saturated carbocycles. The molecule has 114 valence electrons. The summed E-state index contributed by atoms with van der Waals surface area (Å²) < 4.78 is 28.1. The van der Waals surface area contributed by atoms with Crippen molar-refractivity contribution in [3.63, 3.8) is 0 Å². The predicted octanol–water partition coefficient (Wildman–Crippen LogP) is 4.09. The maximum atomic E-state index is 11.3. The summed E-state index contributed by atoms with van der Waals surface area (Å²) in [5.41, 5.74) is 0.804. The fourth-order valence-corrected chi connectivity index (χ4v) is 3.35. The van der Waals surface area contributed by atoms with E-state index in [2.05, 4.69) is 0 Å². The van der Waals surface area contributed by atoms with Gasteiger partial charge in [-0.15, -0.1) is 0 Å². The average Bonchev–Trinajstić information content (AvgIpc) is 2.27. The molecule has 1 rings (SSSR count). The smallest absolute Gasteiger partial charge is 0.232 e. The summed E-state index contributed by atoms with van der Waals surface area (Å²) in [5.74, 6) is -0.240. The Morgan fingerprint density at radius 1 is 1.20 bits per heavy atom. The van der Waals surface area contributed by atoms with Crippen LogP contribution >= 0.6 is 22.3 Å². The quantitative estimate of drug-likeness (QED) is 0.733. The van der Waals surface area contributed by atoms with Gasteiger partial charge in [-0.25, -0.2) is 8.42 Å². The number of rotatable bonds is 6. The first-order valence-electron chi connectivity index (χ1n) is 6.32. The van der Waals surface area contributed by atoms with Gasteiger partial charge in [-0.3, -0.25) is 0 Å². The lowest BCUT2D eigenvalue weighted by Crippen LogP contribution is -2.30. The zero-order valence-corrected chi connectivity index (χ0v) is 14.2. The van der Waals surface area contributed by atoms with Crippen molar-refractivity contribution in [2.45, 2.75) is 27.4 Å². The predicted molar refractivity (Wildman–Crippen MR) is 83.7 cm³/mol. The zero-order chi connectivity index (χ0) is 15.4. The van der Waals surface area contributed by atoms with E-state index >= 15 is 0 Å². The first kappa shape index (κ1) is 17.8. The topological polar surface area (TPSA) is 43.4 Å². The molecule has 0 aliphatic carbocycles. The molecule has 1 aromatic carbocycles. The Balaban J connectivity index is 2.57. The van der Waals surface area contributed by atoms with Gasteiger partial charge < -0.3 is 4.74 Å². The maximum absolute atomic E-state index is 11.3. The summed E-state index contributed by atoms with van der Waals surface area (Å²) in [5, 5.41) is 0.676. The molecule has 20 heavy (non-hydrogen) atoms. The van der Waals surface area contributed by atoms with E-state index in [-0.39, 0.29) is 17.1 Å². The van der Waals surface area contributed by atoms with E-state index in [4.69, 9.17) is 27.0 Å². The Hall–Kier alpha value is -0.290. The van der Waals surface area contributed by atoms with Gasteiger partial charge in [-0.05, 0) is 23.1 Å². The van der Waals surface area contributed by atoms with Crippen molar-refractivity contribution < 1.29 is 13.2 Å². The van der Waals surface area contributed by atoms with E-state index < -0.39 is 9.05 Å². The summed E-state index contributed by atoms with van der Waals surface area (Å²) in [6.07, 6.45) is 0. The van der Waals surface area contributed by atoms with Crippen LogP contribution in [0.25, 0.3) is 0 Å². The van der Waals surface area contributed by atoms with E-state index in [1.54, 1.807) is 12.1 Å². The lowest BCUT2D eigenvalue weighted by Gasteiger charge is -2.29. The first-order valence-corrected chi connectivity index (χ1v) is 9.18. The standard InChI is InChI=1S/C14H20Cl2O3S/c1-14(2,3)12(10-20(16,17)18)9-19-8-11-4-6-13(15)7-5-11/h4-7,12H,8-10H2,1-3H3. The van der Waals surface area contributed by atoms with Crippen molar-refractivity contribution in [1.29, 1.82) is 0 Å². The maximum Gasteiger partial charge on any atom is 0.232 e. The van der Waals surface area contributed by atoms with Gasteiger partial charge in [0.25, 0.3) is 0 Å². The molecule has 0 bridgehead atoms. The normalized spacial score (nSPS) is 14.2. The Morgan fingerprint density at radius 2 is 1.75 bits per heavy atom. The number of ether oxygens (including phenoxy) is 1. The minimum atomic E-state index is -3.53. The van der Waals surface area contributed by atoms with Gasteiger partial charge in [0.1, 0.15) is 0 Å². The van der Waals surface area contributed by atoms with Crippen molar-refractivity contribution in [2.75, 3.05) is 12.4 Å². The second-order valence-corrected chi connectivity index (χ2v) is 9.17. The van der Waals surface area contributed by atoms with Crippen LogP contribution < -0.4 is 0 Å². The first-order chi connectivity index (χ1) is 9.08. The van der Waals surface area contributed by atoms with Crippen LogP contribution in [0.3, 0.4) is 0 Å². The van der Waals surface area contributed by atoms with Crippen molar-refractivity contribution in [3.8, 4) is 0 Å². The number of hydrogen-bond acceptors (Lipinski definition) is 3. The molecule has 0 aliphatic heterocycles. The van der Waals surface area contributed by atoms with Gasteiger partial charge in [0, 0.05) is 21.6 Å². The van der Waals surface area contributed by atoms with Crippen LogP contribution in [-0.4, -0.2) is 20.8 Å². The summed E-state index contributed by atoms with van der Waals surface area (Å²) in [6.45, 7) is 6.70. The molecule has 0 amide bonds. The highest BCUT2D eigenvalue weighted by atomic mass is 35.7. The van der Waals surface area contributed by atoms with Crippen LogP contribution in [0.1, 0.15) is 26.3 Å². The molecule has 0 heterocycles. The molecule has 1 aromatic rings. The fraction of sp³-hybridized carbons (Fsp3) is 0.571. The van der Waals surface area contributed by atoms with Crippen LogP contribution in [0.15, 0.2) is 24.3 Å². The molecule has 0 N–H and O–H groups in total. The largest absolute Gasteiger partial charge is 0.376 e. The van der Waals surface area contributed by atoms with Crippen LogP contribution in [-0.2, 0) is 20.4 Å². The Labute approximate surface area is 130 Å². The number of benzene rings is 1. The lowest BCUT2D eigenvalue weighted by molar-refractivity contribution is 0.0553. The van der Waals surface area contributed by atoms with E-state index in [1.165, 1.54) is 0 Å². The van der Waals surface area contributed by atoms with Gasteiger partial charge in [-0.2, -0.15) is 0 Å². The van der Waals surface area contributed by atoms with Crippen molar-refractivity contribution in [2.24, 2.45) is 11.3 Å². The SMILES string of the molecule is CC(C)(C)C(COCc1ccc(Cl)cc1)CS(=O)(=O)Cl. The van der Waals surface area contributed by atoms with E-state index in [0.717, 1.165) is 5.56 Å². The molecule has 3 nitrogen and oxygen atoms in total. The highest BCUT2D eigenvalue weighted by Gasteiger charge is 2.29. The van der Waals surface area contributed by atoms with Gasteiger partial charge >= 0.3 is 0 Å². The number of hydrogen-bond donors (Lipinski definition) is 0. The third-order valence-electron chi connectivity index (χ3n) is 3.13. The Kier molecular flexibility index (Phi) is 6.32. The minimum absolute atomic E-state index is 0.0846. The van der Waals surface area contributed by atoms with E-state index in [9.17, 15) is 8.42 Å². The second kappa shape index (κ2) is 7.12. The highest BCUT2D eigenvalue weighted by molar-refractivity contribution is 8.13. The Morgan fingerprint density at radius 3 is 2.20 bits per heavy atom. The summed E-state index contributed by atoms with van der Waals surface area (Å²) in [6, 6.07) is 7.36. The van der Waals surface area contributed by atoms with Crippen LogP contribution in [0.2, 0.25) is 5.02 Å². The average molecular weight is 339 g/mol. The molecule has 0 aromatic heterocycles. The molecule has 0 saturated heterocycles. The molecule has 1 unspecified atom stereocenters. The molecular weight excluding hydrogens is 319 g/mol. The van der Waals surface area contributed by atoms with Crippen molar-refractivity contribution >= 4 is 31.3 Å². The fourth-order valence-electron chi connectivity index (χ4n) is 1.69. The van der Waals surface area contributed by atoms with Gasteiger partial charge in [-0.1, -0.05) is 44.5 Å². The summed E-state index contributed by atoms with van der Waals surface area (Å²) >= 11 is 5.81. The highest BCUT2D eigenvalue weighted by Crippen LogP contribution is 2.28. The minimum Gasteiger partial charge on any atom is -0.376 e.